The third-order valence-corrected chi connectivity index (χ3v) is 4.05. The summed E-state index contributed by atoms with van der Waals surface area (Å²) >= 11 is 5.89. The average Bonchev–Trinajstić information content (AvgIpc) is 2.65. The van der Waals surface area contributed by atoms with Crippen molar-refractivity contribution in [3.63, 3.8) is 0 Å². The lowest BCUT2D eigenvalue weighted by atomic mass is 10.1. The number of likely N-dealkylation sites (N-methyl/N-ethyl adjacent to an activating group) is 2. The highest BCUT2D eigenvalue weighted by Gasteiger charge is 2.20. The molecule has 0 spiro atoms. The first-order chi connectivity index (χ1) is 12.5. The average molecular weight is 375 g/mol. The lowest BCUT2D eigenvalue weighted by molar-refractivity contribution is -0.121. The second-order valence-corrected chi connectivity index (χ2v) is 6.12. The Kier molecular flexibility index (Phi) is 7.48. The zero-order valence-electron chi connectivity index (χ0n) is 15.0. The maximum atomic E-state index is 12.8. The van der Waals surface area contributed by atoms with Crippen molar-refractivity contribution < 1.29 is 14.3 Å². The van der Waals surface area contributed by atoms with Gasteiger partial charge in [0.05, 0.1) is 12.1 Å². The fourth-order valence-electron chi connectivity index (χ4n) is 2.43. The zero-order chi connectivity index (χ0) is 18.9. The summed E-state index contributed by atoms with van der Waals surface area (Å²) in [5.41, 5.74) is 1.39. The second-order valence-electron chi connectivity index (χ2n) is 5.68. The van der Waals surface area contributed by atoms with Crippen LogP contribution in [0.25, 0.3) is 0 Å². The molecule has 2 aromatic carbocycles. The van der Waals surface area contributed by atoms with Crippen LogP contribution in [0.15, 0.2) is 48.5 Å². The molecule has 0 saturated carbocycles. The van der Waals surface area contributed by atoms with Gasteiger partial charge in [-0.3, -0.25) is 9.59 Å². The topological polar surface area (TPSA) is 58.6 Å². The number of carbonyl (C=O) groups excluding carboxylic acids is 2. The Morgan fingerprint density at radius 2 is 1.77 bits per heavy atom. The number of rotatable bonds is 8. The van der Waals surface area contributed by atoms with E-state index in [1.807, 2.05) is 32.0 Å². The number of nitrogens with one attached hydrogen (secondary N) is 1. The molecule has 0 bridgehead atoms. The van der Waals surface area contributed by atoms with Crippen LogP contribution in [0.4, 0.5) is 0 Å². The van der Waals surface area contributed by atoms with E-state index in [0.717, 1.165) is 5.56 Å². The van der Waals surface area contributed by atoms with Crippen molar-refractivity contribution in [1.82, 2.24) is 10.2 Å². The van der Waals surface area contributed by atoms with E-state index in [0.29, 0.717) is 36.0 Å². The molecule has 2 aromatic rings. The molecule has 0 aliphatic carbocycles. The van der Waals surface area contributed by atoms with E-state index in [2.05, 4.69) is 5.32 Å². The molecule has 0 aliphatic heterocycles. The van der Waals surface area contributed by atoms with Crippen molar-refractivity contribution in [3.05, 3.63) is 64.7 Å². The number of hydrogen-bond donors (Lipinski definition) is 1. The highest BCUT2D eigenvalue weighted by atomic mass is 35.5. The Balaban J connectivity index is 2.11. The first-order valence-electron chi connectivity index (χ1n) is 8.57. The molecule has 1 N–H and O–H groups in total. The fraction of sp³-hybridized carbons (Fsp3) is 0.300. The summed E-state index contributed by atoms with van der Waals surface area (Å²) in [6.45, 7) is 5.00. The molecule has 6 heteroatoms. The van der Waals surface area contributed by atoms with Crippen LogP contribution >= 0.6 is 11.6 Å². The molecule has 5 nitrogen and oxygen atoms in total. The standard InChI is InChI=1S/C20H23ClN2O3/c1-3-22-19(24)13-23(4-2)20(25)17-7-5-6-8-18(17)26-14-15-9-11-16(21)12-10-15/h5-12H,3-4,13-14H2,1-2H3,(H,22,24). The van der Waals surface area contributed by atoms with Crippen molar-refractivity contribution in [2.45, 2.75) is 20.5 Å². The number of hydrogen-bond acceptors (Lipinski definition) is 3. The molecule has 2 amide bonds. The third-order valence-electron chi connectivity index (χ3n) is 3.80. The maximum Gasteiger partial charge on any atom is 0.258 e. The van der Waals surface area contributed by atoms with Gasteiger partial charge in [-0.2, -0.15) is 0 Å². The monoisotopic (exact) mass is 374 g/mol. The molecule has 0 atom stereocenters. The van der Waals surface area contributed by atoms with Gasteiger partial charge < -0.3 is 15.0 Å². The lowest BCUT2D eigenvalue weighted by Crippen LogP contribution is -2.40. The van der Waals surface area contributed by atoms with Gasteiger partial charge in [0.25, 0.3) is 5.91 Å². The normalized spacial score (nSPS) is 10.3. The number of nitrogens with zero attached hydrogens (tertiary/aromatic N) is 1. The quantitative estimate of drug-likeness (QED) is 0.769. The summed E-state index contributed by atoms with van der Waals surface area (Å²) in [4.78, 5) is 26.2. The second kappa shape index (κ2) is 9.82. The molecule has 138 valence electrons. The van der Waals surface area contributed by atoms with Gasteiger partial charge in [-0.25, -0.2) is 0 Å². The van der Waals surface area contributed by atoms with E-state index in [-0.39, 0.29) is 18.4 Å². The largest absolute Gasteiger partial charge is 0.488 e. The van der Waals surface area contributed by atoms with Gasteiger partial charge in [0, 0.05) is 18.1 Å². The molecular weight excluding hydrogens is 352 g/mol. The summed E-state index contributed by atoms with van der Waals surface area (Å²) in [7, 11) is 0. The van der Waals surface area contributed by atoms with Crippen LogP contribution in [0.5, 0.6) is 5.75 Å². The summed E-state index contributed by atoms with van der Waals surface area (Å²) in [5.74, 6) is 0.0783. The highest BCUT2D eigenvalue weighted by Crippen LogP contribution is 2.21. The van der Waals surface area contributed by atoms with Gasteiger partial charge in [-0.05, 0) is 43.7 Å². The molecule has 0 saturated heterocycles. The smallest absolute Gasteiger partial charge is 0.258 e. The van der Waals surface area contributed by atoms with E-state index in [4.69, 9.17) is 16.3 Å². The van der Waals surface area contributed by atoms with Gasteiger partial charge in [0.15, 0.2) is 0 Å². The van der Waals surface area contributed by atoms with Crippen molar-refractivity contribution >= 4 is 23.4 Å². The fourth-order valence-corrected chi connectivity index (χ4v) is 2.56. The first kappa shape index (κ1) is 19.8. The van der Waals surface area contributed by atoms with Crippen LogP contribution in [-0.2, 0) is 11.4 Å². The van der Waals surface area contributed by atoms with Crippen molar-refractivity contribution in [2.24, 2.45) is 0 Å². The van der Waals surface area contributed by atoms with E-state index in [1.165, 1.54) is 4.90 Å². The van der Waals surface area contributed by atoms with Crippen LogP contribution in [-0.4, -0.2) is 36.3 Å². The Morgan fingerprint density at radius 1 is 1.08 bits per heavy atom. The predicted molar refractivity (Wildman–Crippen MR) is 102 cm³/mol. The Bertz CT molecular complexity index is 747. The van der Waals surface area contributed by atoms with Gasteiger partial charge in [0.1, 0.15) is 12.4 Å². The van der Waals surface area contributed by atoms with Crippen LogP contribution < -0.4 is 10.1 Å². The van der Waals surface area contributed by atoms with E-state index in [1.54, 1.807) is 30.3 Å². The molecule has 26 heavy (non-hydrogen) atoms. The third kappa shape index (κ3) is 5.49. The number of ether oxygens (including phenoxy) is 1. The zero-order valence-corrected chi connectivity index (χ0v) is 15.8. The maximum absolute atomic E-state index is 12.8. The minimum Gasteiger partial charge on any atom is -0.488 e. The molecule has 0 aliphatic rings. The molecule has 0 heterocycles. The van der Waals surface area contributed by atoms with Crippen molar-refractivity contribution in [2.75, 3.05) is 19.6 Å². The Morgan fingerprint density at radius 3 is 2.42 bits per heavy atom. The van der Waals surface area contributed by atoms with E-state index < -0.39 is 0 Å². The number of halogens is 1. The number of amides is 2. The van der Waals surface area contributed by atoms with E-state index in [9.17, 15) is 9.59 Å². The Hall–Kier alpha value is -2.53. The molecule has 0 fully saturated rings. The van der Waals surface area contributed by atoms with Crippen LogP contribution in [0.2, 0.25) is 5.02 Å². The van der Waals surface area contributed by atoms with Crippen LogP contribution in [0, 0.1) is 0 Å². The Labute approximate surface area is 158 Å². The molecule has 2 rings (SSSR count). The summed E-state index contributed by atoms with van der Waals surface area (Å²) in [6, 6.07) is 14.4. The number of carbonyl (C=O) groups is 2. The first-order valence-corrected chi connectivity index (χ1v) is 8.95. The van der Waals surface area contributed by atoms with Crippen LogP contribution in [0.3, 0.4) is 0 Å². The minimum atomic E-state index is -0.231. The summed E-state index contributed by atoms with van der Waals surface area (Å²) in [6.07, 6.45) is 0. The molecular formula is C20H23ClN2O3. The molecule has 0 unspecified atom stereocenters. The summed E-state index contributed by atoms with van der Waals surface area (Å²) in [5, 5.41) is 3.37. The van der Waals surface area contributed by atoms with Gasteiger partial charge in [-0.1, -0.05) is 35.9 Å². The lowest BCUT2D eigenvalue weighted by Gasteiger charge is -2.21. The highest BCUT2D eigenvalue weighted by molar-refractivity contribution is 6.30. The predicted octanol–water partition coefficient (Wildman–Crippen LogP) is 3.52. The van der Waals surface area contributed by atoms with Gasteiger partial charge in [-0.15, -0.1) is 0 Å². The van der Waals surface area contributed by atoms with Crippen molar-refractivity contribution in [1.29, 1.82) is 0 Å². The van der Waals surface area contributed by atoms with Gasteiger partial charge in [0.2, 0.25) is 5.91 Å². The SMILES string of the molecule is CCNC(=O)CN(CC)C(=O)c1ccccc1OCc1ccc(Cl)cc1. The molecule has 0 aromatic heterocycles. The minimum absolute atomic E-state index is 0.0225. The van der Waals surface area contributed by atoms with Crippen molar-refractivity contribution in [3.8, 4) is 5.75 Å². The number of para-hydroxylation sites is 1. The van der Waals surface area contributed by atoms with Crippen LogP contribution in [0.1, 0.15) is 29.8 Å². The number of benzene rings is 2. The summed E-state index contributed by atoms with van der Waals surface area (Å²) < 4.78 is 5.84. The van der Waals surface area contributed by atoms with E-state index >= 15 is 0 Å². The van der Waals surface area contributed by atoms with Gasteiger partial charge >= 0.3 is 0 Å². The molecule has 0 radical (unpaired) electrons.